The van der Waals surface area contributed by atoms with Crippen LogP contribution in [0.25, 0.3) is 10.9 Å². The molecule has 19 heavy (non-hydrogen) atoms. The minimum absolute atomic E-state index is 0.297. The van der Waals surface area contributed by atoms with Crippen molar-refractivity contribution in [3.63, 3.8) is 0 Å². The predicted octanol–water partition coefficient (Wildman–Crippen LogP) is 4.64. The largest absolute Gasteiger partial charge is 0.223 e. The second-order valence-electron chi connectivity index (χ2n) is 4.26. The van der Waals surface area contributed by atoms with Gasteiger partial charge in [0.2, 0.25) is 5.28 Å². The van der Waals surface area contributed by atoms with Crippen molar-refractivity contribution in [3.05, 3.63) is 69.5 Å². The van der Waals surface area contributed by atoms with Crippen molar-refractivity contribution in [2.75, 3.05) is 0 Å². The van der Waals surface area contributed by atoms with Crippen molar-refractivity contribution in [2.24, 2.45) is 0 Å². The third-order valence-corrected chi connectivity index (χ3v) is 3.64. The topological polar surface area (TPSA) is 25.8 Å². The van der Waals surface area contributed by atoms with E-state index in [1.54, 1.807) is 0 Å². The molecule has 0 spiro atoms. The molecule has 3 rings (SSSR count). The molecule has 4 heteroatoms. The molecule has 0 saturated heterocycles. The molecule has 0 unspecified atom stereocenters. The summed E-state index contributed by atoms with van der Waals surface area (Å²) in [6, 6.07) is 16.1. The summed E-state index contributed by atoms with van der Waals surface area (Å²) in [5, 5.41) is 1.35. The molecule has 0 aliphatic rings. The molecular weight excluding hydrogens is 324 g/mol. The van der Waals surface area contributed by atoms with Crippen LogP contribution in [-0.4, -0.2) is 9.97 Å². The van der Waals surface area contributed by atoms with Gasteiger partial charge in [0.1, 0.15) is 0 Å². The maximum absolute atomic E-state index is 5.99. The van der Waals surface area contributed by atoms with Crippen LogP contribution in [0.3, 0.4) is 0 Å². The SMILES string of the molecule is Clc1nc(Cc2ccc(Br)cc2)c2ccccc2n1. The molecule has 1 heterocycles. The van der Waals surface area contributed by atoms with Gasteiger partial charge in [0, 0.05) is 16.3 Å². The molecule has 0 amide bonds. The smallest absolute Gasteiger partial charge is 0.222 e. The Balaban J connectivity index is 2.07. The Labute approximate surface area is 124 Å². The molecule has 94 valence electrons. The van der Waals surface area contributed by atoms with Crippen molar-refractivity contribution in [1.82, 2.24) is 9.97 Å². The molecule has 0 fully saturated rings. The Morgan fingerprint density at radius 1 is 0.947 bits per heavy atom. The van der Waals surface area contributed by atoms with Crippen LogP contribution in [-0.2, 0) is 6.42 Å². The van der Waals surface area contributed by atoms with Gasteiger partial charge in [-0.25, -0.2) is 9.97 Å². The molecule has 3 aromatic rings. The molecule has 0 N–H and O–H groups in total. The van der Waals surface area contributed by atoms with E-state index in [0.29, 0.717) is 5.28 Å². The van der Waals surface area contributed by atoms with Crippen LogP contribution in [0.5, 0.6) is 0 Å². The van der Waals surface area contributed by atoms with Gasteiger partial charge in [-0.2, -0.15) is 0 Å². The van der Waals surface area contributed by atoms with E-state index >= 15 is 0 Å². The van der Waals surface area contributed by atoms with Gasteiger partial charge in [0.25, 0.3) is 0 Å². The van der Waals surface area contributed by atoms with E-state index in [2.05, 4.69) is 38.0 Å². The van der Waals surface area contributed by atoms with Gasteiger partial charge in [-0.3, -0.25) is 0 Å². The van der Waals surface area contributed by atoms with Gasteiger partial charge in [-0.1, -0.05) is 46.3 Å². The van der Waals surface area contributed by atoms with Crippen LogP contribution in [0.2, 0.25) is 5.28 Å². The highest BCUT2D eigenvalue weighted by atomic mass is 79.9. The van der Waals surface area contributed by atoms with Crippen LogP contribution in [0.15, 0.2) is 53.0 Å². The summed E-state index contributed by atoms with van der Waals surface area (Å²) in [6.07, 6.45) is 0.746. The van der Waals surface area contributed by atoms with E-state index in [9.17, 15) is 0 Å². The second kappa shape index (κ2) is 5.27. The van der Waals surface area contributed by atoms with E-state index in [4.69, 9.17) is 11.6 Å². The molecule has 2 aromatic carbocycles. The summed E-state index contributed by atoms with van der Waals surface area (Å²) in [5.41, 5.74) is 3.04. The number of fused-ring (bicyclic) bond motifs is 1. The predicted molar refractivity (Wildman–Crippen MR) is 81.5 cm³/mol. The molecule has 1 aromatic heterocycles. The van der Waals surface area contributed by atoms with Crippen LogP contribution in [0, 0.1) is 0 Å². The van der Waals surface area contributed by atoms with Crippen molar-refractivity contribution >= 4 is 38.4 Å². The number of hydrogen-bond acceptors (Lipinski definition) is 2. The summed E-state index contributed by atoms with van der Waals surface area (Å²) in [4.78, 5) is 8.60. The number of benzene rings is 2. The zero-order chi connectivity index (χ0) is 13.2. The van der Waals surface area contributed by atoms with Crippen LogP contribution in [0.4, 0.5) is 0 Å². The third-order valence-electron chi connectivity index (χ3n) is 2.94. The second-order valence-corrected chi connectivity index (χ2v) is 5.51. The number of para-hydroxylation sites is 1. The third kappa shape index (κ3) is 2.77. The Bertz CT molecular complexity index is 726. The van der Waals surface area contributed by atoms with Gasteiger partial charge in [0.05, 0.1) is 11.2 Å². The lowest BCUT2D eigenvalue weighted by Gasteiger charge is -2.06. The number of halogens is 2. The lowest BCUT2D eigenvalue weighted by molar-refractivity contribution is 1.06. The number of rotatable bonds is 2. The first-order valence-electron chi connectivity index (χ1n) is 5.88. The lowest BCUT2D eigenvalue weighted by Crippen LogP contribution is -1.96. The highest BCUT2D eigenvalue weighted by molar-refractivity contribution is 9.10. The zero-order valence-corrected chi connectivity index (χ0v) is 12.3. The molecule has 0 aliphatic carbocycles. The van der Waals surface area contributed by atoms with E-state index in [1.165, 1.54) is 5.56 Å². The summed E-state index contributed by atoms with van der Waals surface area (Å²) < 4.78 is 1.07. The quantitative estimate of drug-likeness (QED) is 0.639. The minimum atomic E-state index is 0.297. The number of hydrogen-bond donors (Lipinski definition) is 0. The van der Waals surface area contributed by atoms with E-state index in [1.807, 2.05) is 36.4 Å². The van der Waals surface area contributed by atoms with Gasteiger partial charge in [-0.15, -0.1) is 0 Å². The number of aromatic nitrogens is 2. The van der Waals surface area contributed by atoms with E-state index in [0.717, 1.165) is 27.5 Å². The first kappa shape index (κ1) is 12.6. The van der Waals surface area contributed by atoms with E-state index in [-0.39, 0.29) is 0 Å². The number of nitrogens with zero attached hydrogens (tertiary/aromatic N) is 2. The van der Waals surface area contributed by atoms with Crippen LogP contribution < -0.4 is 0 Å². The molecule has 0 radical (unpaired) electrons. The average molecular weight is 334 g/mol. The standard InChI is InChI=1S/C15H10BrClN2/c16-11-7-5-10(6-8-11)9-14-12-3-1-2-4-13(12)18-15(17)19-14/h1-8H,9H2. The fourth-order valence-electron chi connectivity index (χ4n) is 2.04. The minimum Gasteiger partial charge on any atom is -0.222 e. The van der Waals surface area contributed by atoms with E-state index < -0.39 is 0 Å². The maximum atomic E-state index is 5.99. The summed E-state index contributed by atoms with van der Waals surface area (Å²) in [6.45, 7) is 0. The Hall–Kier alpha value is -1.45. The first-order valence-corrected chi connectivity index (χ1v) is 7.05. The highest BCUT2D eigenvalue weighted by Gasteiger charge is 2.07. The van der Waals surface area contributed by atoms with Gasteiger partial charge < -0.3 is 0 Å². The monoisotopic (exact) mass is 332 g/mol. The van der Waals surface area contributed by atoms with Crippen molar-refractivity contribution in [3.8, 4) is 0 Å². The fraction of sp³-hybridized carbons (Fsp3) is 0.0667. The summed E-state index contributed by atoms with van der Waals surface area (Å²) >= 11 is 9.42. The Morgan fingerprint density at radius 3 is 2.47 bits per heavy atom. The average Bonchev–Trinajstić information content (AvgIpc) is 2.41. The molecule has 2 nitrogen and oxygen atoms in total. The molecule has 0 bridgehead atoms. The maximum Gasteiger partial charge on any atom is 0.223 e. The molecular formula is C15H10BrClN2. The van der Waals surface area contributed by atoms with Crippen molar-refractivity contribution < 1.29 is 0 Å². The molecule has 0 saturated carbocycles. The van der Waals surface area contributed by atoms with Crippen molar-refractivity contribution in [2.45, 2.75) is 6.42 Å². The van der Waals surface area contributed by atoms with Gasteiger partial charge in [-0.05, 0) is 35.4 Å². The van der Waals surface area contributed by atoms with Crippen LogP contribution >= 0.6 is 27.5 Å². The zero-order valence-electron chi connectivity index (χ0n) is 9.98. The van der Waals surface area contributed by atoms with Gasteiger partial charge in [0.15, 0.2) is 0 Å². The first-order chi connectivity index (χ1) is 9.22. The Morgan fingerprint density at radius 2 is 1.68 bits per heavy atom. The lowest BCUT2D eigenvalue weighted by atomic mass is 10.1. The summed E-state index contributed by atoms with van der Waals surface area (Å²) in [7, 11) is 0. The van der Waals surface area contributed by atoms with Gasteiger partial charge >= 0.3 is 0 Å². The van der Waals surface area contributed by atoms with Crippen LogP contribution in [0.1, 0.15) is 11.3 Å². The van der Waals surface area contributed by atoms with Crippen molar-refractivity contribution in [1.29, 1.82) is 0 Å². The fourth-order valence-corrected chi connectivity index (χ4v) is 2.50. The molecule has 0 aliphatic heterocycles. The Kier molecular flexibility index (Phi) is 3.49. The summed E-state index contributed by atoms with van der Waals surface area (Å²) in [5.74, 6) is 0. The molecule has 0 atom stereocenters. The highest BCUT2D eigenvalue weighted by Crippen LogP contribution is 2.21. The normalized spacial score (nSPS) is 10.8.